The summed E-state index contributed by atoms with van der Waals surface area (Å²) in [6.45, 7) is 4.24. The maximum absolute atomic E-state index is 10.8. The number of hydrogen-bond acceptors (Lipinski definition) is 4. The number of carbonyl (C=O) groups is 1. The van der Waals surface area contributed by atoms with Gasteiger partial charge >= 0.3 is 5.97 Å². The van der Waals surface area contributed by atoms with Gasteiger partial charge in [-0.15, -0.1) is 0 Å². The molecule has 2 aromatic rings. The first-order chi connectivity index (χ1) is 9.47. The van der Waals surface area contributed by atoms with Crippen molar-refractivity contribution in [3.05, 3.63) is 47.7 Å². The van der Waals surface area contributed by atoms with Crippen LogP contribution >= 0.6 is 0 Å². The number of nitrogens with zero attached hydrogens (tertiary/aromatic N) is 1. The number of pyridine rings is 1. The van der Waals surface area contributed by atoms with E-state index in [4.69, 9.17) is 10.8 Å². The zero-order valence-corrected chi connectivity index (χ0v) is 11.4. The van der Waals surface area contributed by atoms with Gasteiger partial charge in [0.2, 0.25) is 0 Å². The number of aromatic carboxylic acids is 1. The summed E-state index contributed by atoms with van der Waals surface area (Å²) in [5.74, 6) is -0.162. The Morgan fingerprint density at radius 3 is 2.70 bits per heavy atom. The van der Waals surface area contributed by atoms with Crippen molar-refractivity contribution >= 4 is 23.2 Å². The molecule has 5 heteroatoms. The van der Waals surface area contributed by atoms with E-state index in [1.54, 1.807) is 0 Å². The maximum Gasteiger partial charge on any atom is 0.337 e. The molecule has 1 heterocycles. The molecule has 0 radical (unpaired) electrons. The molecular weight excluding hydrogens is 254 g/mol. The van der Waals surface area contributed by atoms with Crippen molar-refractivity contribution in [1.82, 2.24) is 4.98 Å². The minimum absolute atomic E-state index is 0.0731. The Bertz CT molecular complexity index is 639. The number of benzene rings is 1. The highest BCUT2D eigenvalue weighted by Gasteiger charge is 2.08. The average molecular weight is 271 g/mol. The number of anilines is 3. The predicted molar refractivity (Wildman–Crippen MR) is 79.4 cm³/mol. The van der Waals surface area contributed by atoms with Crippen LogP contribution in [0.5, 0.6) is 0 Å². The Labute approximate surface area is 117 Å². The molecule has 0 aliphatic heterocycles. The Hall–Kier alpha value is -2.56. The van der Waals surface area contributed by atoms with Crippen LogP contribution in [-0.4, -0.2) is 16.1 Å². The van der Waals surface area contributed by atoms with E-state index in [9.17, 15) is 4.79 Å². The van der Waals surface area contributed by atoms with Gasteiger partial charge in [0.15, 0.2) is 5.82 Å². The van der Waals surface area contributed by atoms with Crippen LogP contribution in [0.15, 0.2) is 36.5 Å². The van der Waals surface area contributed by atoms with Crippen LogP contribution in [0, 0.1) is 0 Å². The fourth-order valence-corrected chi connectivity index (χ4v) is 1.82. The number of nitrogens with two attached hydrogens (primary N) is 1. The first kappa shape index (κ1) is 13.9. The third kappa shape index (κ3) is 3.06. The second-order valence-electron chi connectivity index (χ2n) is 4.87. The molecule has 0 saturated heterocycles. The molecule has 0 fully saturated rings. The monoisotopic (exact) mass is 271 g/mol. The molecule has 1 aromatic heterocycles. The van der Waals surface area contributed by atoms with Gasteiger partial charge in [-0.3, -0.25) is 0 Å². The topological polar surface area (TPSA) is 88.2 Å². The molecule has 0 saturated carbocycles. The van der Waals surface area contributed by atoms with Gasteiger partial charge in [-0.05, 0) is 29.7 Å². The van der Waals surface area contributed by atoms with Gasteiger partial charge in [-0.1, -0.05) is 26.0 Å². The van der Waals surface area contributed by atoms with E-state index in [0.29, 0.717) is 17.4 Å². The summed E-state index contributed by atoms with van der Waals surface area (Å²) in [6, 6.07) is 9.35. The van der Waals surface area contributed by atoms with Crippen LogP contribution in [0.3, 0.4) is 0 Å². The van der Waals surface area contributed by atoms with Crippen LogP contribution in [-0.2, 0) is 0 Å². The van der Waals surface area contributed by atoms with Crippen molar-refractivity contribution < 1.29 is 9.90 Å². The van der Waals surface area contributed by atoms with Gasteiger partial charge in [0, 0.05) is 11.9 Å². The number of carboxylic acids is 1. The highest BCUT2D eigenvalue weighted by Crippen LogP contribution is 2.24. The fraction of sp³-hybridized carbons (Fsp3) is 0.200. The lowest BCUT2D eigenvalue weighted by molar-refractivity contribution is 0.0696. The molecule has 5 nitrogen and oxygen atoms in total. The van der Waals surface area contributed by atoms with Crippen LogP contribution in [0.2, 0.25) is 0 Å². The highest BCUT2D eigenvalue weighted by molar-refractivity contribution is 5.89. The predicted octanol–water partition coefficient (Wildman–Crippen LogP) is 3.23. The first-order valence-corrected chi connectivity index (χ1v) is 6.33. The molecule has 104 valence electrons. The molecule has 2 rings (SSSR count). The number of nitrogen functional groups attached to an aromatic ring is 1. The van der Waals surface area contributed by atoms with Gasteiger partial charge in [0.25, 0.3) is 0 Å². The second-order valence-corrected chi connectivity index (χ2v) is 4.87. The van der Waals surface area contributed by atoms with E-state index in [0.717, 1.165) is 5.69 Å². The van der Waals surface area contributed by atoms with Crippen molar-refractivity contribution in [2.24, 2.45) is 0 Å². The van der Waals surface area contributed by atoms with Gasteiger partial charge in [-0.2, -0.15) is 0 Å². The lowest BCUT2D eigenvalue weighted by atomic mass is 10.0. The van der Waals surface area contributed by atoms with E-state index in [1.807, 2.05) is 18.2 Å². The number of rotatable bonds is 4. The number of aromatic nitrogens is 1. The van der Waals surface area contributed by atoms with Gasteiger partial charge in [0.1, 0.15) is 0 Å². The van der Waals surface area contributed by atoms with Crippen molar-refractivity contribution in [1.29, 1.82) is 0 Å². The summed E-state index contributed by atoms with van der Waals surface area (Å²) in [6.07, 6.45) is 1.29. The van der Waals surface area contributed by atoms with E-state index in [-0.39, 0.29) is 5.56 Å². The fourth-order valence-electron chi connectivity index (χ4n) is 1.82. The molecule has 0 aliphatic carbocycles. The van der Waals surface area contributed by atoms with Crippen molar-refractivity contribution in [3.8, 4) is 0 Å². The van der Waals surface area contributed by atoms with E-state index < -0.39 is 5.97 Å². The van der Waals surface area contributed by atoms with Crippen LogP contribution in [0.25, 0.3) is 0 Å². The molecule has 0 aliphatic rings. The normalized spacial score (nSPS) is 10.6. The van der Waals surface area contributed by atoms with Gasteiger partial charge in [0.05, 0.1) is 11.3 Å². The molecule has 4 N–H and O–H groups in total. The van der Waals surface area contributed by atoms with Crippen molar-refractivity contribution in [2.75, 3.05) is 11.1 Å². The number of nitrogens with one attached hydrogen (secondary N) is 1. The van der Waals surface area contributed by atoms with Crippen LogP contribution in [0.1, 0.15) is 35.7 Å². The summed E-state index contributed by atoms with van der Waals surface area (Å²) in [5, 5.41) is 12.0. The zero-order chi connectivity index (χ0) is 14.7. The molecule has 0 amide bonds. The Morgan fingerprint density at radius 2 is 2.10 bits per heavy atom. The summed E-state index contributed by atoms with van der Waals surface area (Å²) in [4.78, 5) is 14.9. The number of hydrogen-bond donors (Lipinski definition) is 3. The molecule has 20 heavy (non-hydrogen) atoms. The quantitative estimate of drug-likeness (QED) is 0.794. The second kappa shape index (κ2) is 5.61. The molecule has 0 bridgehead atoms. The van der Waals surface area contributed by atoms with Gasteiger partial charge < -0.3 is 16.2 Å². The summed E-state index contributed by atoms with van der Waals surface area (Å²) < 4.78 is 0. The van der Waals surface area contributed by atoms with Crippen LogP contribution in [0.4, 0.5) is 17.2 Å². The van der Waals surface area contributed by atoms with Crippen molar-refractivity contribution in [3.63, 3.8) is 0 Å². The SMILES string of the molecule is CC(C)c1cccc(Nc2ncc(C(=O)O)cc2N)c1. The molecule has 0 spiro atoms. The first-order valence-electron chi connectivity index (χ1n) is 6.33. The lowest BCUT2D eigenvalue weighted by Crippen LogP contribution is -2.04. The van der Waals surface area contributed by atoms with Gasteiger partial charge in [-0.25, -0.2) is 9.78 Å². The molecule has 0 unspecified atom stereocenters. The summed E-state index contributed by atoms with van der Waals surface area (Å²) in [7, 11) is 0. The number of carboxylic acid groups (broad SMARTS) is 1. The third-order valence-electron chi connectivity index (χ3n) is 2.98. The maximum atomic E-state index is 10.8. The summed E-state index contributed by atoms with van der Waals surface area (Å²) >= 11 is 0. The largest absolute Gasteiger partial charge is 0.478 e. The smallest absolute Gasteiger partial charge is 0.337 e. The highest BCUT2D eigenvalue weighted by atomic mass is 16.4. The third-order valence-corrected chi connectivity index (χ3v) is 2.98. The zero-order valence-electron chi connectivity index (χ0n) is 11.4. The Kier molecular flexibility index (Phi) is 3.89. The summed E-state index contributed by atoms with van der Waals surface area (Å²) in [5.41, 5.74) is 8.27. The average Bonchev–Trinajstić information content (AvgIpc) is 2.41. The molecule has 1 aromatic carbocycles. The van der Waals surface area contributed by atoms with Crippen LogP contribution < -0.4 is 11.1 Å². The Balaban J connectivity index is 2.26. The van der Waals surface area contributed by atoms with E-state index in [1.165, 1.54) is 17.8 Å². The minimum atomic E-state index is -1.04. The van der Waals surface area contributed by atoms with E-state index in [2.05, 4.69) is 30.2 Å². The lowest BCUT2D eigenvalue weighted by Gasteiger charge is -2.11. The molecular formula is C15H17N3O2. The minimum Gasteiger partial charge on any atom is -0.478 e. The van der Waals surface area contributed by atoms with Crippen molar-refractivity contribution in [2.45, 2.75) is 19.8 Å². The van der Waals surface area contributed by atoms with E-state index >= 15 is 0 Å². The standard InChI is InChI=1S/C15H17N3O2/c1-9(2)10-4-3-5-12(6-10)18-14-13(16)7-11(8-17-14)15(19)20/h3-9H,16H2,1-2H3,(H,17,18)(H,19,20). The Morgan fingerprint density at radius 1 is 1.35 bits per heavy atom. The molecule has 0 atom stereocenters.